The van der Waals surface area contributed by atoms with E-state index in [1.807, 2.05) is 0 Å². The van der Waals surface area contributed by atoms with Crippen molar-refractivity contribution in [2.75, 3.05) is 0 Å². The maximum absolute atomic E-state index is 12.5. The van der Waals surface area contributed by atoms with E-state index < -0.39 is 0 Å². The zero-order valence-electron chi connectivity index (χ0n) is 14.6. The Morgan fingerprint density at radius 1 is 1.14 bits per heavy atom. The summed E-state index contributed by atoms with van der Waals surface area (Å²) in [5.41, 5.74) is 0.0261. The number of amides is 1. The van der Waals surface area contributed by atoms with E-state index in [-0.39, 0.29) is 5.54 Å². The second-order valence-electron chi connectivity index (χ2n) is 8.23. The lowest BCUT2D eigenvalue weighted by Crippen LogP contribution is -2.52. The van der Waals surface area contributed by atoms with Crippen LogP contribution in [-0.2, 0) is 4.79 Å². The van der Waals surface area contributed by atoms with Gasteiger partial charge < -0.3 is 5.32 Å². The fourth-order valence-corrected chi connectivity index (χ4v) is 4.87. The lowest BCUT2D eigenvalue weighted by Gasteiger charge is -2.46. The molecule has 1 amide bonds. The first-order chi connectivity index (χ1) is 9.93. The number of carbonyl (C=O) groups excluding carboxylic acids is 1. The molecule has 2 saturated carbocycles. The highest BCUT2D eigenvalue weighted by Gasteiger charge is 2.40. The summed E-state index contributed by atoms with van der Waals surface area (Å²) in [6.07, 6.45) is 10.8. The minimum atomic E-state index is 0.0261. The van der Waals surface area contributed by atoms with Crippen molar-refractivity contribution in [1.82, 2.24) is 5.32 Å². The number of hydrogen-bond donors (Lipinski definition) is 1. The van der Waals surface area contributed by atoms with E-state index in [1.165, 1.54) is 38.5 Å². The SMILES string of the molecule is CCC1CC(C)(NC(=O)CC2CCCCC2)CC(C)C1C. The molecule has 4 unspecified atom stereocenters. The Labute approximate surface area is 131 Å². The Balaban J connectivity index is 1.89. The molecule has 21 heavy (non-hydrogen) atoms. The van der Waals surface area contributed by atoms with Crippen molar-refractivity contribution in [3.8, 4) is 0 Å². The first kappa shape index (κ1) is 16.8. The van der Waals surface area contributed by atoms with Crippen LogP contribution >= 0.6 is 0 Å². The molecule has 2 fully saturated rings. The molecule has 0 radical (unpaired) electrons. The number of hydrogen-bond acceptors (Lipinski definition) is 1. The van der Waals surface area contributed by atoms with Crippen LogP contribution in [0.15, 0.2) is 0 Å². The molecule has 0 aromatic carbocycles. The quantitative estimate of drug-likeness (QED) is 0.783. The van der Waals surface area contributed by atoms with Crippen molar-refractivity contribution in [2.45, 2.75) is 91.0 Å². The van der Waals surface area contributed by atoms with Gasteiger partial charge in [0, 0.05) is 12.0 Å². The maximum atomic E-state index is 12.5. The molecule has 0 aromatic heterocycles. The molecule has 0 heterocycles. The van der Waals surface area contributed by atoms with Crippen LogP contribution < -0.4 is 5.32 Å². The van der Waals surface area contributed by atoms with Gasteiger partial charge in [0.2, 0.25) is 5.91 Å². The Bertz CT molecular complexity index is 347. The number of carbonyl (C=O) groups is 1. The summed E-state index contributed by atoms with van der Waals surface area (Å²) >= 11 is 0. The predicted octanol–water partition coefficient (Wildman–Crippen LogP) is 4.92. The van der Waals surface area contributed by atoms with E-state index >= 15 is 0 Å². The van der Waals surface area contributed by atoms with Crippen LogP contribution in [0, 0.1) is 23.7 Å². The molecule has 2 heteroatoms. The van der Waals surface area contributed by atoms with Gasteiger partial charge in [-0.2, -0.15) is 0 Å². The molecule has 122 valence electrons. The summed E-state index contributed by atoms with van der Waals surface area (Å²) < 4.78 is 0. The van der Waals surface area contributed by atoms with Crippen LogP contribution in [-0.4, -0.2) is 11.4 Å². The van der Waals surface area contributed by atoms with E-state index in [0.29, 0.717) is 17.7 Å². The van der Waals surface area contributed by atoms with Crippen LogP contribution in [0.5, 0.6) is 0 Å². The highest BCUT2D eigenvalue weighted by molar-refractivity contribution is 5.77. The third kappa shape index (κ3) is 4.47. The summed E-state index contributed by atoms with van der Waals surface area (Å²) in [4.78, 5) is 12.5. The Kier molecular flexibility index (Phi) is 5.73. The first-order valence-electron chi connectivity index (χ1n) is 9.24. The molecule has 0 aromatic rings. The monoisotopic (exact) mass is 293 g/mol. The second kappa shape index (κ2) is 7.15. The van der Waals surface area contributed by atoms with Gasteiger partial charge in [-0.05, 0) is 56.3 Å². The zero-order valence-corrected chi connectivity index (χ0v) is 14.6. The molecule has 0 spiro atoms. The van der Waals surface area contributed by atoms with Crippen molar-refractivity contribution < 1.29 is 4.79 Å². The molecule has 0 aliphatic heterocycles. The highest BCUT2D eigenvalue weighted by Crippen LogP contribution is 2.41. The molecule has 0 bridgehead atoms. The standard InChI is InChI=1S/C19H35NO/c1-5-17-13-19(4,12-14(2)15(17)3)20-18(21)11-16-9-7-6-8-10-16/h14-17H,5-13H2,1-4H3,(H,20,21). The van der Waals surface area contributed by atoms with Crippen molar-refractivity contribution in [2.24, 2.45) is 23.7 Å². The number of nitrogens with one attached hydrogen (secondary N) is 1. The van der Waals surface area contributed by atoms with Gasteiger partial charge in [0.25, 0.3) is 0 Å². The second-order valence-corrected chi connectivity index (χ2v) is 8.23. The minimum absolute atomic E-state index is 0.0261. The summed E-state index contributed by atoms with van der Waals surface area (Å²) in [5, 5.41) is 3.42. The fourth-order valence-electron chi connectivity index (χ4n) is 4.87. The average Bonchev–Trinajstić information content (AvgIpc) is 2.43. The molecule has 4 atom stereocenters. The molecule has 2 aliphatic rings. The van der Waals surface area contributed by atoms with Crippen LogP contribution in [0.3, 0.4) is 0 Å². The van der Waals surface area contributed by atoms with Crippen molar-refractivity contribution >= 4 is 5.91 Å². The topological polar surface area (TPSA) is 29.1 Å². The van der Waals surface area contributed by atoms with Crippen LogP contribution in [0.1, 0.15) is 85.5 Å². The van der Waals surface area contributed by atoms with E-state index in [1.54, 1.807) is 0 Å². The zero-order chi connectivity index (χ0) is 15.5. The molecular formula is C19H35NO. The summed E-state index contributed by atoms with van der Waals surface area (Å²) in [5.74, 6) is 3.21. The van der Waals surface area contributed by atoms with Crippen LogP contribution in [0.2, 0.25) is 0 Å². The molecule has 1 N–H and O–H groups in total. The van der Waals surface area contributed by atoms with E-state index in [2.05, 4.69) is 33.0 Å². The average molecular weight is 293 g/mol. The Morgan fingerprint density at radius 3 is 2.43 bits per heavy atom. The van der Waals surface area contributed by atoms with Gasteiger partial charge in [-0.1, -0.05) is 46.5 Å². The van der Waals surface area contributed by atoms with Gasteiger partial charge in [0.15, 0.2) is 0 Å². The smallest absolute Gasteiger partial charge is 0.220 e. The van der Waals surface area contributed by atoms with Gasteiger partial charge in [0.1, 0.15) is 0 Å². The van der Waals surface area contributed by atoms with Crippen LogP contribution in [0.4, 0.5) is 0 Å². The third-order valence-electron chi connectivity index (χ3n) is 6.29. The van der Waals surface area contributed by atoms with E-state index in [4.69, 9.17) is 0 Å². The minimum Gasteiger partial charge on any atom is -0.351 e. The van der Waals surface area contributed by atoms with Crippen molar-refractivity contribution in [3.63, 3.8) is 0 Å². The molecular weight excluding hydrogens is 258 g/mol. The molecule has 2 rings (SSSR count). The van der Waals surface area contributed by atoms with E-state index in [0.717, 1.165) is 31.1 Å². The fraction of sp³-hybridized carbons (Fsp3) is 0.947. The molecule has 2 nitrogen and oxygen atoms in total. The predicted molar refractivity (Wildman–Crippen MR) is 89.1 cm³/mol. The lowest BCUT2D eigenvalue weighted by molar-refractivity contribution is -0.125. The van der Waals surface area contributed by atoms with Gasteiger partial charge in [-0.3, -0.25) is 4.79 Å². The first-order valence-corrected chi connectivity index (χ1v) is 9.24. The summed E-state index contributed by atoms with van der Waals surface area (Å²) in [6, 6.07) is 0. The van der Waals surface area contributed by atoms with Crippen molar-refractivity contribution in [3.05, 3.63) is 0 Å². The highest BCUT2D eigenvalue weighted by atomic mass is 16.1. The summed E-state index contributed by atoms with van der Waals surface area (Å²) in [7, 11) is 0. The van der Waals surface area contributed by atoms with E-state index in [9.17, 15) is 4.79 Å². The molecule has 0 saturated heterocycles. The van der Waals surface area contributed by atoms with Crippen LogP contribution in [0.25, 0.3) is 0 Å². The number of rotatable bonds is 4. The van der Waals surface area contributed by atoms with Gasteiger partial charge >= 0.3 is 0 Å². The van der Waals surface area contributed by atoms with Gasteiger partial charge in [-0.25, -0.2) is 0 Å². The third-order valence-corrected chi connectivity index (χ3v) is 6.29. The van der Waals surface area contributed by atoms with Gasteiger partial charge in [0.05, 0.1) is 0 Å². The largest absolute Gasteiger partial charge is 0.351 e. The molecule has 2 aliphatic carbocycles. The normalized spacial score (nSPS) is 38.2. The Hall–Kier alpha value is -0.530. The Morgan fingerprint density at radius 2 is 1.81 bits per heavy atom. The lowest BCUT2D eigenvalue weighted by atomic mass is 9.65. The summed E-state index contributed by atoms with van der Waals surface area (Å²) in [6.45, 7) is 9.32. The maximum Gasteiger partial charge on any atom is 0.220 e. The van der Waals surface area contributed by atoms with Crippen molar-refractivity contribution in [1.29, 1.82) is 0 Å². The van der Waals surface area contributed by atoms with Gasteiger partial charge in [-0.15, -0.1) is 0 Å².